The van der Waals surface area contributed by atoms with Crippen molar-refractivity contribution in [2.75, 3.05) is 5.33 Å². The Morgan fingerprint density at radius 1 is 1.62 bits per heavy atom. The summed E-state index contributed by atoms with van der Waals surface area (Å²) in [6.45, 7) is 2.14. The van der Waals surface area contributed by atoms with Gasteiger partial charge >= 0.3 is 0 Å². The highest BCUT2D eigenvalue weighted by Gasteiger charge is 2.25. The summed E-state index contributed by atoms with van der Waals surface area (Å²) in [5.41, 5.74) is 0. The molecular weight excluding hydrogens is 230 g/mol. The van der Waals surface area contributed by atoms with Crippen molar-refractivity contribution < 1.29 is 4.79 Å². The molecule has 1 unspecified atom stereocenters. The maximum absolute atomic E-state index is 11.3. The largest absolute Gasteiger partial charge is 0.353 e. The van der Waals surface area contributed by atoms with Crippen LogP contribution in [0.1, 0.15) is 39.0 Å². The monoisotopic (exact) mass is 247 g/mol. The van der Waals surface area contributed by atoms with Crippen LogP contribution < -0.4 is 5.32 Å². The fourth-order valence-electron chi connectivity index (χ4n) is 1.47. The molecule has 1 aliphatic carbocycles. The third kappa shape index (κ3) is 4.65. The second kappa shape index (κ2) is 5.63. The first-order valence-corrected chi connectivity index (χ1v) is 6.23. The molecule has 0 aromatic rings. The average molecular weight is 248 g/mol. The zero-order chi connectivity index (χ0) is 9.68. The van der Waals surface area contributed by atoms with Crippen molar-refractivity contribution in [2.24, 2.45) is 5.92 Å². The van der Waals surface area contributed by atoms with Crippen molar-refractivity contribution in [3.8, 4) is 0 Å². The normalized spacial score (nSPS) is 18.3. The molecule has 1 saturated carbocycles. The van der Waals surface area contributed by atoms with Gasteiger partial charge in [0.05, 0.1) is 0 Å². The Bertz CT molecular complexity index is 168. The Labute approximate surface area is 88.6 Å². The maximum Gasteiger partial charge on any atom is 0.221 e. The lowest BCUT2D eigenvalue weighted by molar-refractivity contribution is -0.121. The minimum absolute atomic E-state index is 0.185. The summed E-state index contributed by atoms with van der Waals surface area (Å²) < 4.78 is 0. The SMILES string of the molecule is CCC(CC1CC1)NC(=O)CCBr. The number of hydrogen-bond donors (Lipinski definition) is 1. The van der Waals surface area contributed by atoms with Crippen molar-refractivity contribution in [3.63, 3.8) is 0 Å². The molecule has 0 aromatic carbocycles. The predicted octanol–water partition coefficient (Wildman–Crippen LogP) is 2.47. The fraction of sp³-hybridized carbons (Fsp3) is 0.900. The van der Waals surface area contributed by atoms with Crippen molar-refractivity contribution in [2.45, 2.75) is 45.1 Å². The lowest BCUT2D eigenvalue weighted by atomic mass is 10.1. The smallest absolute Gasteiger partial charge is 0.221 e. The summed E-state index contributed by atoms with van der Waals surface area (Å²) in [5.74, 6) is 1.08. The quantitative estimate of drug-likeness (QED) is 0.719. The highest BCUT2D eigenvalue weighted by Crippen LogP contribution is 2.33. The van der Waals surface area contributed by atoms with Crippen molar-refractivity contribution in [1.82, 2.24) is 5.32 Å². The predicted molar refractivity (Wildman–Crippen MR) is 58.0 cm³/mol. The van der Waals surface area contributed by atoms with E-state index in [2.05, 4.69) is 28.2 Å². The summed E-state index contributed by atoms with van der Waals surface area (Å²) >= 11 is 3.26. The average Bonchev–Trinajstić information content (AvgIpc) is 2.87. The van der Waals surface area contributed by atoms with E-state index in [4.69, 9.17) is 0 Å². The van der Waals surface area contributed by atoms with Crippen molar-refractivity contribution in [1.29, 1.82) is 0 Å². The van der Waals surface area contributed by atoms with E-state index in [1.54, 1.807) is 0 Å². The van der Waals surface area contributed by atoms with E-state index in [0.717, 1.165) is 17.7 Å². The van der Waals surface area contributed by atoms with Crippen molar-refractivity contribution in [3.05, 3.63) is 0 Å². The van der Waals surface area contributed by atoms with Crippen LogP contribution >= 0.6 is 15.9 Å². The summed E-state index contributed by atoms with van der Waals surface area (Å²) in [5, 5.41) is 3.83. The fourth-order valence-corrected chi connectivity index (χ4v) is 1.83. The van der Waals surface area contributed by atoms with E-state index in [0.29, 0.717) is 12.5 Å². The van der Waals surface area contributed by atoms with Crippen LogP contribution in [0.4, 0.5) is 0 Å². The number of nitrogens with one attached hydrogen (secondary N) is 1. The van der Waals surface area contributed by atoms with Crippen LogP contribution in [0.15, 0.2) is 0 Å². The summed E-state index contributed by atoms with van der Waals surface area (Å²) in [7, 11) is 0. The molecular formula is C10H18BrNO. The van der Waals surface area contributed by atoms with Gasteiger partial charge in [0.15, 0.2) is 0 Å². The molecule has 0 saturated heterocycles. The molecule has 1 atom stereocenters. The Kier molecular flexibility index (Phi) is 4.78. The van der Waals surface area contributed by atoms with Gasteiger partial charge in [-0.05, 0) is 18.8 Å². The summed E-state index contributed by atoms with van der Waals surface area (Å²) in [6, 6.07) is 0.416. The first kappa shape index (κ1) is 11.0. The third-order valence-corrected chi connectivity index (χ3v) is 2.89. The Hall–Kier alpha value is -0.0500. The lowest BCUT2D eigenvalue weighted by Crippen LogP contribution is -2.34. The first-order valence-electron chi connectivity index (χ1n) is 5.11. The molecule has 13 heavy (non-hydrogen) atoms. The summed E-state index contributed by atoms with van der Waals surface area (Å²) in [6.07, 6.45) is 5.58. The van der Waals surface area contributed by atoms with E-state index in [1.165, 1.54) is 19.3 Å². The number of amides is 1. The molecule has 0 aliphatic heterocycles. The number of hydrogen-bond acceptors (Lipinski definition) is 1. The molecule has 3 heteroatoms. The molecule has 1 aliphatic rings. The molecule has 1 amide bonds. The van der Waals surface area contributed by atoms with Gasteiger partial charge in [-0.25, -0.2) is 0 Å². The molecule has 0 spiro atoms. The van der Waals surface area contributed by atoms with Gasteiger partial charge in [-0.15, -0.1) is 0 Å². The number of alkyl halides is 1. The molecule has 1 rings (SSSR count). The number of carbonyl (C=O) groups excluding carboxylic acids is 1. The van der Waals surface area contributed by atoms with E-state index >= 15 is 0 Å². The van der Waals surface area contributed by atoms with Crippen LogP contribution in [-0.2, 0) is 4.79 Å². The highest BCUT2D eigenvalue weighted by molar-refractivity contribution is 9.09. The molecule has 76 valence electrons. The molecule has 0 heterocycles. The molecule has 0 radical (unpaired) electrons. The van der Waals surface area contributed by atoms with Crippen LogP contribution in [0.25, 0.3) is 0 Å². The Morgan fingerprint density at radius 3 is 2.77 bits per heavy atom. The zero-order valence-electron chi connectivity index (χ0n) is 8.18. The first-order chi connectivity index (χ1) is 6.26. The molecule has 1 fully saturated rings. The van der Waals surface area contributed by atoms with Crippen LogP contribution in [0.5, 0.6) is 0 Å². The van der Waals surface area contributed by atoms with Gasteiger partial charge in [0.2, 0.25) is 5.91 Å². The van der Waals surface area contributed by atoms with Crippen LogP contribution in [0, 0.1) is 5.92 Å². The third-order valence-electron chi connectivity index (χ3n) is 2.49. The minimum Gasteiger partial charge on any atom is -0.353 e. The minimum atomic E-state index is 0.185. The number of halogens is 1. The Balaban J connectivity index is 2.17. The van der Waals surface area contributed by atoms with E-state index < -0.39 is 0 Å². The van der Waals surface area contributed by atoms with Crippen LogP contribution in [-0.4, -0.2) is 17.3 Å². The molecule has 0 bridgehead atoms. The number of carbonyl (C=O) groups is 1. The Morgan fingerprint density at radius 2 is 2.31 bits per heavy atom. The van der Waals surface area contributed by atoms with Crippen LogP contribution in [0.2, 0.25) is 0 Å². The van der Waals surface area contributed by atoms with E-state index in [9.17, 15) is 4.79 Å². The van der Waals surface area contributed by atoms with Gasteiger partial charge in [-0.3, -0.25) is 4.79 Å². The number of rotatable bonds is 6. The lowest BCUT2D eigenvalue weighted by Gasteiger charge is -2.15. The van der Waals surface area contributed by atoms with Crippen molar-refractivity contribution >= 4 is 21.8 Å². The molecule has 0 aromatic heterocycles. The van der Waals surface area contributed by atoms with Gasteiger partial charge < -0.3 is 5.32 Å². The van der Waals surface area contributed by atoms with E-state index in [-0.39, 0.29) is 5.91 Å². The van der Waals surface area contributed by atoms with Gasteiger partial charge in [0, 0.05) is 17.8 Å². The second-order valence-electron chi connectivity index (χ2n) is 3.79. The van der Waals surface area contributed by atoms with Crippen LogP contribution in [0.3, 0.4) is 0 Å². The zero-order valence-corrected chi connectivity index (χ0v) is 9.77. The highest BCUT2D eigenvalue weighted by atomic mass is 79.9. The van der Waals surface area contributed by atoms with Gasteiger partial charge in [0.1, 0.15) is 0 Å². The van der Waals surface area contributed by atoms with Gasteiger partial charge in [-0.1, -0.05) is 35.7 Å². The molecule has 2 nitrogen and oxygen atoms in total. The maximum atomic E-state index is 11.3. The van der Waals surface area contributed by atoms with E-state index in [1.807, 2.05) is 0 Å². The standard InChI is InChI=1S/C10H18BrNO/c1-2-9(7-8-3-4-8)12-10(13)5-6-11/h8-9H,2-7H2,1H3,(H,12,13). The van der Waals surface area contributed by atoms with Gasteiger partial charge in [-0.2, -0.15) is 0 Å². The molecule has 1 N–H and O–H groups in total. The summed E-state index contributed by atoms with van der Waals surface area (Å²) in [4.78, 5) is 11.3. The second-order valence-corrected chi connectivity index (χ2v) is 4.58. The topological polar surface area (TPSA) is 29.1 Å². The van der Waals surface area contributed by atoms with Gasteiger partial charge in [0.25, 0.3) is 0 Å².